The molecule has 1 unspecified atom stereocenters. The van der Waals surface area contributed by atoms with Gasteiger partial charge in [-0.15, -0.1) is 0 Å². The lowest BCUT2D eigenvalue weighted by Crippen LogP contribution is -2.46. The standard InChI is InChI=1S/C23H17Cl2N3O4/c1-23(21(29)27(22(30)26-23)20-11-17(24)10-18(25)12-20)13-14-5-7-15(8-6-14)16-3-2-4-19(9-16)28(31)32/h2-12H,13H2,1H3,(H,26,30). The number of nitrogens with zero attached hydrogens (tertiary/aromatic N) is 2. The molecule has 9 heteroatoms. The Morgan fingerprint density at radius 3 is 2.25 bits per heavy atom. The van der Waals surface area contributed by atoms with Crippen molar-refractivity contribution in [3.8, 4) is 11.1 Å². The summed E-state index contributed by atoms with van der Waals surface area (Å²) in [5.74, 6) is -0.413. The predicted molar refractivity (Wildman–Crippen MR) is 123 cm³/mol. The van der Waals surface area contributed by atoms with Gasteiger partial charge in [0.25, 0.3) is 11.6 Å². The molecule has 0 bridgehead atoms. The van der Waals surface area contributed by atoms with E-state index in [4.69, 9.17) is 23.2 Å². The van der Waals surface area contributed by atoms with Crippen molar-refractivity contribution < 1.29 is 14.5 Å². The van der Waals surface area contributed by atoms with E-state index < -0.39 is 22.4 Å². The van der Waals surface area contributed by atoms with Crippen LogP contribution in [-0.2, 0) is 11.2 Å². The van der Waals surface area contributed by atoms with Crippen molar-refractivity contribution in [2.75, 3.05) is 4.90 Å². The molecule has 0 spiro atoms. The largest absolute Gasteiger partial charge is 0.329 e. The maximum Gasteiger partial charge on any atom is 0.329 e. The van der Waals surface area contributed by atoms with Crippen molar-refractivity contribution in [1.29, 1.82) is 0 Å². The van der Waals surface area contributed by atoms with Gasteiger partial charge in [0.2, 0.25) is 0 Å². The first-order valence-corrected chi connectivity index (χ1v) is 10.4. The van der Waals surface area contributed by atoms with E-state index in [1.807, 2.05) is 24.3 Å². The van der Waals surface area contributed by atoms with Gasteiger partial charge in [0.05, 0.1) is 10.6 Å². The highest BCUT2D eigenvalue weighted by atomic mass is 35.5. The van der Waals surface area contributed by atoms with Gasteiger partial charge in [0, 0.05) is 28.6 Å². The molecule has 3 amide bonds. The highest BCUT2D eigenvalue weighted by Gasteiger charge is 2.48. The summed E-state index contributed by atoms with van der Waals surface area (Å²) in [6, 6.07) is 17.7. The van der Waals surface area contributed by atoms with Gasteiger partial charge in [-0.05, 0) is 41.8 Å². The summed E-state index contributed by atoms with van der Waals surface area (Å²) in [5, 5.41) is 14.4. The number of nitrogens with one attached hydrogen (secondary N) is 1. The maximum absolute atomic E-state index is 13.1. The number of urea groups is 1. The van der Waals surface area contributed by atoms with Crippen LogP contribution in [0.2, 0.25) is 10.0 Å². The van der Waals surface area contributed by atoms with Gasteiger partial charge in [-0.25, -0.2) is 9.69 Å². The molecule has 1 aliphatic rings. The minimum absolute atomic E-state index is 0.0135. The highest BCUT2D eigenvalue weighted by molar-refractivity contribution is 6.35. The molecule has 4 rings (SSSR count). The molecule has 0 saturated carbocycles. The summed E-state index contributed by atoms with van der Waals surface area (Å²) in [6.07, 6.45) is 0.261. The van der Waals surface area contributed by atoms with Crippen molar-refractivity contribution in [3.05, 3.63) is 92.5 Å². The number of anilines is 1. The smallest absolute Gasteiger partial charge is 0.323 e. The van der Waals surface area contributed by atoms with E-state index in [1.165, 1.54) is 30.3 Å². The number of hydrogen-bond acceptors (Lipinski definition) is 4. The van der Waals surface area contributed by atoms with Crippen LogP contribution in [0.1, 0.15) is 12.5 Å². The molecule has 1 atom stereocenters. The van der Waals surface area contributed by atoms with Crippen LogP contribution in [-0.4, -0.2) is 22.4 Å². The van der Waals surface area contributed by atoms with Crippen LogP contribution in [0.15, 0.2) is 66.7 Å². The Morgan fingerprint density at radius 1 is 0.969 bits per heavy atom. The van der Waals surface area contributed by atoms with Crippen molar-refractivity contribution in [2.24, 2.45) is 0 Å². The zero-order valence-corrected chi connectivity index (χ0v) is 18.4. The van der Waals surface area contributed by atoms with Crippen LogP contribution in [0, 0.1) is 10.1 Å². The first-order chi connectivity index (χ1) is 15.2. The summed E-state index contributed by atoms with van der Waals surface area (Å²) in [4.78, 5) is 37.3. The minimum Gasteiger partial charge on any atom is -0.323 e. The molecular formula is C23H17Cl2N3O4. The SMILES string of the molecule is CC1(Cc2ccc(-c3cccc([N+](=O)[O-])c3)cc2)NC(=O)N(c2cc(Cl)cc(Cl)c2)C1=O. The van der Waals surface area contributed by atoms with Gasteiger partial charge in [-0.3, -0.25) is 14.9 Å². The Bertz CT molecular complexity index is 1230. The van der Waals surface area contributed by atoms with E-state index in [1.54, 1.807) is 19.1 Å². The molecule has 7 nitrogen and oxygen atoms in total. The van der Waals surface area contributed by atoms with Crippen molar-refractivity contribution in [3.63, 3.8) is 0 Å². The Labute approximate surface area is 193 Å². The average Bonchev–Trinajstić information content (AvgIpc) is 2.95. The molecule has 1 fully saturated rings. The van der Waals surface area contributed by atoms with Gasteiger partial charge in [-0.2, -0.15) is 0 Å². The molecular weight excluding hydrogens is 453 g/mol. The lowest BCUT2D eigenvalue weighted by molar-refractivity contribution is -0.384. The normalized spacial score (nSPS) is 18.0. The van der Waals surface area contributed by atoms with Gasteiger partial charge in [0.1, 0.15) is 5.54 Å². The molecule has 1 heterocycles. The van der Waals surface area contributed by atoms with Crippen molar-refractivity contribution >= 4 is 46.5 Å². The van der Waals surface area contributed by atoms with E-state index in [2.05, 4.69) is 5.32 Å². The third-order valence-electron chi connectivity index (χ3n) is 5.27. The summed E-state index contributed by atoms with van der Waals surface area (Å²) >= 11 is 12.1. The van der Waals surface area contributed by atoms with Gasteiger partial charge >= 0.3 is 6.03 Å². The van der Waals surface area contributed by atoms with Crippen LogP contribution in [0.5, 0.6) is 0 Å². The van der Waals surface area contributed by atoms with E-state index in [0.29, 0.717) is 21.3 Å². The first kappa shape index (κ1) is 21.8. The predicted octanol–water partition coefficient (Wildman–Crippen LogP) is 5.63. The molecule has 1 N–H and O–H groups in total. The Morgan fingerprint density at radius 2 is 1.62 bits per heavy atom. The summed E-state index contributed by atoms with van der Waals surface area (Å²) < 4.78 is 0. The van der Waals surface area contributed by atoms with Crippen LogP contribution in [0.3, 0.4) is 0 Å². The van der Waals surface area contributed by atoms with Gasteiger partial charge in [0.15, 0.2) is 0 Å². The van der Waals surface area contributed by atoms with Gasteiger partial charge in [-0.1, -0.05) is 59.6 Å². The monoisotopic (exact) mass is 469 g/mol. The average molecular weight is 470 g/mol. The number of amides is 3. The Kier molecular flexibility index (Phi) is 5.62. The Hall–Kier alpha value is -3.42. The van der Waals surface area contributed by atoms with Gasteiger partial charge < -0.3 is 5.32 Å². The summed E-state index contributed by atoms with van der Waals surface area (Å²) in [7, 11) is 0. The minimum atomic E-state index is -1.15. The number of nitro benzene ring substituents is 1. The molecule has 0 aliphatic carbocycles. The second-order valence-electron chi connectivity index (χ2n) is 7.71. The number of nitro groups is 1. The first-order valence-electron chi connectivity index (χ1n) is 9.63. The van der Waals surface area contributed by atoms with E-state index in [0.717, 1.165) is 16.0 Å². The molecule has 162 valence electrons. The van der Waals surface area contributed by atoms with E-state index >= 15 is 0 Å². The fraction of sp³-hybridized carbons (Fsp3) is 0.130. The number of benzene rings is 3. The Balaban J connectivity index is 1.56. The number of non-ortho nitro benzene ring substituents is 1. The third kappa shape index (κ3) is 4.17. The number of carbonyl (C=O) groups is 2. The van der Waals surface area contributed by atoms with Crippen molar-refractivity contribution in [2.45, 2.75) is 18.9 Å². The topological polar surface area (TPSA) is 92.6 Å². The molecule has 1 aliphatic heterocycles. The molecule has 0 aromatic heterocycles. The van der Waals surface area contributed by atoms with Crippen LogP contribution < -0.4 is 10.2 Å². The zero-order valence-electron chi connectivity index (χ0n) is 16.8. The molecule has 1 saturated heterocycles. The van der Waals surface area contributed by atoms with Crippen molar-refractivity contribution in [1.82, 2.24) is 5.32 Å². The number of hydrogen-bond donors (Lipinski definition) is 1. The molecule has 3 aromatic carbocycles. The van der Waals surface area contributed by atoms with Crippen LogP contribution >= 0.6 is 23.2 Å². The van der Waals surface area contributed by atoms with Crippen LogP contribution in [0.4, 0.5) is 16.2 Å². The summed E-state index contributed by atoms with van der Waals surface area (Å²) in [6.45, 7) is 1.66. The fourth-order valence-corrected chi connectivity index (χ4v) is 4.24. The fourth-order valence-electron chi connectivity index (χ4n) is 3.73. The molecule has 0 radical (unpaired) electrons. The zero-order chi connectivity index (χ0) is 23.0. The second-order valence-corrected chi connectivity index (χ2v) is 8.58. The number of imide groups is 1. The number of carbonyl (C=O) groups excluding carboxylic acids is 2. The summed E-state index contributed by atoms with van der Waals surface area (Å²) in [5.41, 5.74) is 1.50. The quantitative estimate of drug-likeness (QED) is 0.297. The molecule has 32 heavy (non-hydrogen) atoms. The molecule has 3 aromatic rings. The third-order valence-corrected chi connectivity index (χ3v) is 5.70. The second kappa shape index (κ2) is 8.26. The highest BCUT2D eigenvalue weighted by Crippen LogP contribution is 2.32. The van der Waals surface area contributed by atoms with E-state index in [-0.39, 0.29) is 12.1 Å². The number of halogens is 2. The lowest BCUT2D eigenvalue weighted by atomic mass is 9.91. The van der Waals surface area contributed by atoms with Crippen LogP contribution in [0.25, 0.3) is 11.1 Å². The van der Waals surface area contributed by atoms with E-state index in [9.17, 15) is 19.7 Å². The maximum atomic E-state index is 13.1. The number of rotatable bonds is 5. The lowest BCUT2D eigenvalue weighted by Gasteiger charge is -2.22.